The Hall–Kier alpha value is -4.17. The number of amides is 1. The van der Waals surface area contributed by atoms with Crippen molar-refractivity contribution in [3.63, 3.8) is 0 Å². The molecule has 170 valence electrons. The highest BCUT2D eigenvalue weighted by molar-refractivity contribution is 6.31. The van der Waals surface area contributed by atoms with E-state index in [1.165, 1.54) is 18.1 Å². The number of hydrogen-bond acceptors (Lipinski definition) is 7. The molecule has 1 N–H and O–H groups in total. The number of carbonyl (C=O) groups excluding carboxylic acids is 2. The summed E-state index contributed by atoms with van der Waals surface area (Å²) in [7, 11) is 1.46. The maximum Gasteiger partial charge on any atom is 0.290 e. The maximum absolute atomic E-state index is 13.6. The number of ether oxygens (including phenoxy) is 1. The number of rotatable bonds is 6. The molecular formula is C25H18ClN3O5. The average Bonchev–Trinajstić information content (AvgIpc) is 3.39. The monoisotopic (exact) mass is 475 g/mol. The van der Waals surface area contributed by atoms with Crippen LogP contribution in [0.15, 0.2) is 82.9 Å². The minimum absolute atomic E-state index is 0.0610. The lowest BCUT2D eigenvalue weighted by molar-refractivity contribution is -0.130. The Morgan fingerprint density at radius 3 is 2.76 bits per heavy atom. The van der Waals surface area contributed by atoms with Crippen molar-refractivity contribution in [3.8, 4) is 5.75 Å². The molecule has 8 nitrogen and oxygen atoms in total. The van der Waals surface area contributed by atoms with E-state index in [-0.39, 0.29) is 17.9 Å². The maximum atomic E-state index is 13.6. The molecule has 1 amide bonds. The Balaban J connectivity index is 1.60. The van der Waals surface area contributed by atoms with Gasteiger partial charge in [-0.15, -0.1) is 0 Å². The van der Waals surface area contributed by atoms with Crippen LogP contribution in [0.2, 0.25) is 5.02 Å². The predicted molar refractivity (Wildman–Crippen MR) is 124 cm³/mol. The van der Waals surface area contributed by atoms with Gasteiger partial charge in [0.1, 0.15) is 6.04 Å². The van der Waals surface area contributed by atoms with Crippen LogP contribution in [0.3, 0.4) is 0 Å². The number of pyridine rings is 2. The Bertz CT molecular complexity index is 1430. The van der Waals surface area contributed by atoms with Crippen LogP contribution in [0.25, 0.3) is 11.0 Å². The van der Waals surface area contributed by atoms with Crippen LogP contribution in [0.4, 0.5) is 0 Å². The van der Waals surface area contributed by atoms with Gasteiger partial charge < -0.3 is 19.2 Å². The predicted octanol–water partition coefficient (Wildman–Crippen LogP) is 4.66. The Morgan fingerprint density at radius 1 is 1.21 bits per heavy atom. The minimum Gasteiger partial charge on any atom is -0.503 e. The molecule has 4 heterocycles. The normalized spacial score (nSPS) is 15.9. The number of benzene rings is 1. The highest BCUT2D eigenvalue weighted by atomic mass is 35.5. The molecule has 0 bridgehead atoms. The first kappa shape index (κ1) is 21.7. The van der Waals surface area contributed by atoms with E-state index in [1.54, 1.807) is 55.0 Å². The number of carbonyl (C=O) groups is 2. The van der Waals surface area contributed by atoms with E-state index < -0.39 is 23.5 Å². The third-order valence-electron chi connectivity index (χ3n) is 5.58. The molecule has 4 aromatic rings. The Kier molecular flexibility index (Phi) is 5.51. The lowest BCUT2D eigenvalue weighted by atomic mass is 9.98. The molecule has 1 aromatic carbocycles. The van der Waals surface area contributed by atoms with Gasteiger partial charge >= 0.3 is 0 Å². The van der Waals surface area contributed by atoms with E-state index in [0.29, 0.717) is 27.4 Å². The smallest absolute Gasteiger partial charge is 0.290 e. The van der Waals surface area contributed by atoms with E-state index in [9.17, 15) is 14.7 Å². The van der Waals surface area contributed by atoms with Crippen LogP contribution in [-0.4, -0.2) is 38.8 Å². The van der Waals surface area contributed by atoms with Gasteiger partial charge in [0, 0.05) is 41.6 Å². The average molecular weight is 476 g/mol. The van der Waals surface area contributed by atoms with Crippen LogP contribution in [0, 0.1) is 0 Å². The summed E-state index contributed by atoms with van der Waals surface area (Å²) in [4.78, 5) is 36.6. The van der Waals surface area contributed by atoms with Gasteiger partial charge in [0.25, 0.3) is 5.91 Å². The van der Waals surface area contributed by atoms with Crippen LogP contribution < -0.4 is 4.74 Å². The van der Waals surface area contributed by atoms with Gasteiger partial charge in [-0.05, 0) is 35.9 Å². The second kappa shape index (κ2) is 8.64. The zero-order chi connectivity index (χ0) is 23.8. The number of ketones is 1. The summed E-state index contributed by atoms with van der Waals surface area (Å²) >= 11 is 6.14. The molecule has 9 heteroatoms. The molecular weight excluding hydrogens is 458 g/mol. The van der Waals surface area contributed by atoms with E-state index in [1.807, 2.05) is 6.07 Å². The second-order valence-electron chi connectivity index (χ2n) is 7.68. The van der Waals surface area contributed by atoms with Crippen molar-refractivity contribution >= 4 is 34.3 Å². The summed E-state index contributed by atoms with van der Waals surface area (Å²) in [6, 6.07) is 12.5. The lowest BCUT2D eigenvalue weighted by Gasteiger charge is -2.25. The number of fused-ring (bicyclic) bond motifs is 1. The molecule has 1 aliphatic rings. The number of Topliss-reactive ketones (excluding diaryl/α,β-unsaturated/α-hetero) is 1. The topological polar surface area (TPSA) is 106 Å². The number of aromatic nitrogens is 2. The van der Waals surface area contributed by atoms with Gasteiger partial charge in [0.05, 0.1) is 18.4 Å². The number of nitrogens with zero attached hydrogens (tertiary/aromatic N) is 3. The molecule has 0 fully saturated rings. The van der Waals surface area contributed by atoms with Crippen molar-refractivity contribution in [1.29, 1.82) is 0 Å². The van der Waals surface area contributed by atoms with Gasteiger partial charge in [0.15, 0.2) is 22.9 Å². The summed E-state index contributed by atoms with van der Waals surface area (Å²) in [6.45, 7) is 0.123. The quantitative estimate of drug-likeness (QED) is 0.404. The van der Waals surface area contributed by atoms with Crippen molar-refractivity contribution in [2.75, 3.05) is 7.11 Å². The fourth-order valence-corrected chi connectivity index (χ4v) is 4.28. The van der Waals surface area contributed by atoms with E-state index >= 15 is 0 Å². The number of hydrogen-bond donors (Lipinski definition) is 1. The van der Waals surface area contributed by atoms with Gasteiger partial charge in [-0.25, -0.2) is 0 Å². The van der Waals surface area contributed by atoms with E-state index in [4.69, 9.17) is 20.8 Å². The summed E-state index contributed by atoms with van der Waals surface area (Å²) in [5, 5.41) is 11.8. The first-order valence-electron chi connectivity index (χ1n) is 10.3. The van der Waals surface area contributed by atoms with Crippen molar-refractivity contribution in [1.82, 2.24) is 14.9 Å². The van der Waals surface area contributed by atoms with E-state index in [0.717, 1.165) is 5.56 Å². The molecule has 0 radical (unpaired) electrons. The van der Waals surface area contributed by atoms with Crippen molar-refractivity contribution < 1.29 is 23.8 Å². The molecule has 0 spiro atoms. The van der Waals surface area contributed by atoms with Crippen molar-refractivity contribution in [2.24, 2.45) is 0 Å². The summed E-state index contributed by atoms with van der Waals surface area (Å²) in [6.07, 6.45) is 4.81. The molecule has 0 saturated heterocycles. The summed E-state index contributed by atoms with van der Waals surface area (Å²) < 4.78 is 11.1. The molecule has 34 heavy (non-hydrogen) atoms. The number of furan rings is 1. The van der Waals surface area contributed by atoms with Gasteiger partial charge in [-0.1, -0.05) is 23.7 Å². The molecule has 1 atom stereocenters. The molecule has 5 rings (SSSR count). The zero-order valence-corrected chi connectivity index (χ0v) is 18.7. The minimum atomic E-state index is -0.917. The number of halogens is 1. The first-order chi connectivity index (χ1) is 16.5. The summed E-state index contributed by atoms with van der Waals surface area (Å²) in [5.41, 5.74) is 1.39. The third kappa shape index (κ3) is 3.68. The highest BCUT2D eigenvalue weighted by Crippen LogP contribution is 2.40. The molecule has 3 aromatic heterocycles. The number of methoxy groups -OCH3 is 1. The fourth-order valence-electron chi connectivity index (χ4n) is 4.06. The van der Waals surface area contributed by atoms with Crippen LogP contribution >= 0.6 is 11.6 Å². The summed E-state index contributed by atoms with van der Waals surface area (Å²) in [5.74, 6) is -1.66. The number of aliphatic hydroxyl groups is 1. The molecule has 0 saturated carbocycles. The SMILES string of the molecule is COc1cc(Cl)cc2cc(C(=O)C3=C(O)C(=O)N(Cc4cccnc4)C3c3ccccn3)oc12. The highest BCUT2D eigenvalue weighted by Gasteiger charge is 2.45. The largest absolute Gasteiger partial charge is 0.503 e. The van der Waals surface area contributed by atoms with Crippen molar-refractivity contribution in [3.05, 3.63) is 100 Å². The first-order valence-corrected chi connectivity index (χ1v) is 10.7. The molecule has 0 aliphatic carbocycles. The Morgan fingerprint density at radius 2 is 2.06 bits per heavy atom. The standard InChI is InChI=1S/C25H18ClN3O5/c1-33-19-11-16(26)9-15-10-18(34-24(15)19)22(30)20-21(17-6-2-3-8-28-17)29(25(32)23(20)31)13-14-5-4-7-27-12-14/h2-12,21,31H,13H2,1H3. The second-order valence-corrected chi connectivity index (χ2v) is 8.12. The zero-order valence-electron chi connectivity index (χ0n) is 17.9. The van der Waals surface area contributed by atoms with E-state index in [2.05, 4.69) is 9.97 Å². The fraction of sp³-hybridized carbons (Fsp3) is 0.120. The van der Waals surface area contributed by atoms with Gasteiger partial charge in [0.2, 0.25) is 5.78 Å². The van der Waals surface area contributed by atoms with Crippen molar-refractivity contribution in [2.45, 2.75) is 12.6 Å². The van der Waals surface area contributed by atoms with Gasteiger partial charge in [-0.3, -0.25) is 19.6 Å². The van der Waals surface area contributed by atoms with Crippen LogP contribution in [0.5, 0.6) is 5.75 Å². The molecule has 1 aliphatic heterocycles. The van der Waals surface area contributed by atoms with Gasteiger partial charge in [-0.2, -0.15) is 0 Å². The molecule has 1 unspecified atom stereocenters. The third-order valence-corrected chi connectivity index (χ3v) is 5.80. The lowest BCUT2D eigenvalue weighted by Crippen LogP contribution is -2.31. The number of aliphatic hydroxyl groups excluding tert-OH is 1. The van der Waals surface area contributed by atoms with Crippen LogP contribution in [-0.2, 0) is 11.3 Å². The van der Waals surface area contributed by atoms with Crippen LogP contribution in [0.1, 0.15) is 27.9 Å². The Labute approximate surface area is 199 Å².